The lowest BCUT2D eigenvalue weighted by Gasteiger charge is -2.32. The quantitative estimate of drug-likeness (QED) is 0.505. The number of ether oxygens (including phenoxy) is 1. The van der Waals surface area contributed by atoms with Gasteiger partial charge in [-0.3, -0.25) is 4.90 Å². The summed E-state index contributed by atoms with van der Waals surface area (Å²) in [6.45, 7) is 5.67. The summed E-state index contributed by atoms with van der Waals surface area (Å²) in [6.07, 6.45) is 2.77. The van der Waals surface area contributed by atoms with Gasteiger partial charge in [0.05, 0.1) is 12.3 Å². The highest BCUT2D eigenvalue weighted by Gasteiger charge is 2.20. The average Bonchev–Trinajstić information content (AvgIpc) is 2.78. The molecule has 1 saturated heterocycles. The highest BCUT2D eigenvalue weighted by molar-refractivity contribution is 6.31. The number of hydrogen-bond acceptors (Lipinski definition) is 6. The molecule has 1 aliphatic rings. The molecule has 1 aromatic heterocycles. The highest BCUT2D eigenvalue weighted by atomic mass is 35.5. The number of fused-ring (bicyclic) bond motifs is 1. The summed E-state index contributed by atoms with van der Waals surface area (Å²) in [5, 5.41) is 24.0. The Morgan fingerprint density at radius 1 is 1.10 bits per heavy atom. The summed E-state index contributed by atoms with van der Waals surface area (Å²) in [6, 6.07) is 14.5. The smallest absolute Gasteiger partial charge is 0.156 e. The monoisotopic (exact) mass is 440 g/mol. The normalized spacial score (nSPS) is 15.3. The first-order valence-electron chi connectivity index (χ1n) is 10.9. The molecule has 0 unspecified atom stereocenters. The maximum atomic E-state index is 8.84. The molecule has 1 aliphatic heterocycles. The molecule has 2 heterocycles. The molecule has 0 amide bonds. The molecule has 0 spiro atoms. The standard InChI is InChI=1S/C24H29ClN4O2/c1-17-22-8-5-19(25)15-23(22)24(28-27-17)26-20-9-11-29(12-10-20)16-18-3-6-21(7-4-18)31-14-2-13-30/h3-8,15,20,30H,2,9-14,16H2,1H3,(H,26,28). The molecule has 0 atom stereocenters. The van der Waals surface area contributed by atoms with E-state index in [1.54, 1.807) is 0 Å². The van der Waals surface area contributed by atoms with Crippen molar-refractivity contribution in [3.8, 4) is 5.75 Å². The van der Waals surface area contributed by atoms with Crippen molar-refractivity contribution in [1.82, 2.24) is 15.1 Å². The summed E-state index contributed by atoms with van der Waals surface area (Å²) in [5.74, 6) is 1.67. The Morgan fingerprint density at radius 2 is 1.87 bits per heavy atom. The number of piperidine rings is 1. The summed E-state index contributed by atoms with van der Waals surface area (Å²) >= 11 is 6.22. The molecular formula is C24H29ClN4O2. The second-order valence-electron chi connectivity index (χ2n) is 8.09. The molecule has 2 aromatic carbocycles. The Hall–Kier alpha value is -2.41. The van der Waals surface area contributed by atoms with E-state index in [0.717, 1.165) is 60.5 Å². The molecule has 4 rings (SSSR count). The lowest BCUT2D eigenvalue weighted by molar-refractivity contribution is 0.211. The Morgan fingerprint density at radius 3 is 2.61 bits per heavy atom. The molecule has 0 aliphatic carbocycles. The fraction of sp³-hybridized carbons (Fsp3) is 0.417. The molecule has 2 N–H and O–H groups in total. The summed E-state index contributed by atoms with van der Waals surface area (Å²) in [4.78, 5) is 2.48. The number of aliphatic hydroxyl groups is 1. The average molecular weight is 441 g/mol. The van der Waals surface area contributed by atoms with Crippen molar-refractivity contribution in [2.24, 2.45) is 0 Å². The highest BCUT2D eigenvalue weighted by Crippen LogP contribution is 2.28. The third-order valence-electron chi connectivity index (χ3n) is 5.76. The van der Waals surface area contributed by atoms with Gasteiger partial charge < -0.3 is 15.2 Å². The van der Waals surface area contributed by atoms with E-state index < -0.39 is 0 Å². The van der Waals surface area contributed by atoms with Crippen molar-refractivity contribution >= 4 is 28.2 Å². The largest absolute Gasteiger partial charge is 0.494 e. The van der Waals surface area contributed by atoms with Crippen molar-refractivity contribution in [3.63, 3.8) is 0 Å². The van der Waals surface area contributed by atoms with Crippen LogP contribution in [0.3, 0.4) is 0 Å². The van der Waals surface area contributed by atoms with E-state index in [1.807, 2.05) is 37.3 Å². The third kappa shape index (κ3) is 5.64. The van der Waals surface area contributed by atoms with E-state index in [9.17, 15) is 0 Å². The van der Waals surface area contributed by atoms with Crippen LogP contribution in [0.15, 0.2) is 42.5 Å². The first-order chi connectivity index (χ1) is 15.1. The van der Waals surface area contributed by atoms with Crippen LogP contribution in [-0.4, -0.2) is 52.5 Å². The van der Waals surface area contributed by atoms with Gasteiger partial charge in [0.1, 0.15) is 5.75 Å². The Bertz CT molecular complexity index is 1000. The number of benzene rings is 2. The van der Waals surface area contributed by atoms with E-state index in [2.05, 4.69) is 32.5 Å². The van der Waals surface area contributed by atoms with Gasteiger partial charge in [0.2, 0.25) is 0 Å². The van der Waals surface area contributed by atoms with Crippen LogP contribution < -0.4 is 10.1 Å². The molecular weight excluding hydrogens is 412 g/mol. The molecule has 1 fully saturated rings. The minimum absolute atomic E-state index is 0.156. The number of halogens is 1. The van der Waals surface area contributed by atoms with Crippen LogP contribution in [-0.2, 0) is 6.54 Å². The van der Waals surface area contributed by atoms with Gasteiger partial charge in [0.15, 0.2) is 5.82 Å². The van der Waals surface area contributed by atoms with E-state index in [1.165, 1.54) is 5.56 Å². The number of nitrogens with one attached hydrogen (secondary N) is 1. The number of hydrogen-bond donors (Lipinski definition) is 2. The van der Waals surface area contributed by atoms with Gasteiger partial charge in [-0.2, -0.15) is 5.10 Å². The van der Waals surface area contributed by atoms with Gasteiger partial charge in [-0.15, -0.1) is 5.10 Å². The topological polar surface area (TPSA) is 70.5 Å². The second kappa shape index (κ2) is 10.3. The summed E-state index contributed by atoms with van der Waals surface area (Å²) in [5.41, 5.74) is 2.20. The molecule has 6 nitrogen and oxygen atoms in total. The number of anilines is 1. The Kier molecular flexibility index (Phi) is 7.22. The molecule has 0 saturated carbocycles. The van der Waals surface area contributed by atoms with Gasteiger partial charge in [-0.05, 0) is 49.6 Å². The van der Waals surface area contributed by atoms with Gasteiger partial charge in [-0.25, -0.2) is 0 Å². The van der Waals surface area contributed by atoms with Crippen LogP contribution in [0.25, 0.3) is 10.8 Å². The number of aryl methyl sites for hydroxylation is 1. The number of nitrogens with zero attached hydrogens (tertiary/aromatic N) is 3. The van der Waals surface area contributed by atoms with Crippen LogP contribution in [0, 0.1) is 6.92 Å². The SMILES string of the molecule is Cc1nnc(NC2CCN(Cc3ccc(OCCCO)cc3)CC2)c2cc(Cl)ccc12. The fourth-order valence-electron chi connectivity index (χ4n) is 4.00. The number of rotatable bonds is 8. The zero-order chi connectivity index (χ0) is 21.6. The molecule has 164 valence electrons. The van der Waals surface area contributed by atoms with Crippen LogP contribution in [0.5, 0.6) is 5.75 Å². The Balaban J connectivity index is 1.31. The molecule has 3 aromatic rings. The second-order valence-corrected chi connectivity index (χ2v) is 8.52. The number of aliphatic hydroxyl groups excluding tert-OH is 1. The lowest BCUT2D eigenvalue weighted by Crippen LogP contribution is -2.38. The predicted octanol–water partition coefficient (Wildman–Crippen LogP) is 4.43. The summed E-state index contributed by atoms with van der Waals surface area (Å²) in [7, 11) is 0. The van der Waals surface area contributed by atoms with Gasteiger partial charge >= 0.3 is 0 Å². The van der Waals surface area contributed by atoms with Gasteiger partial charge in [0.25, 0.3) is 0 Å². The van der Waals surface area contributed by atoms with Crippen LogP contribution in [0.4, 0.5) is 5.82 Å². The lowest BCUT2D eigenvalue weighted by atomic mass is 10.0. The van der Waals surface area contributed by atoms with E-state index in [4.69, 9.17) is 21.4 Å². The third-order valence-corrected chi connectivity index (χ3v) is 5.99. The van der Waals surface area contributed by atoms with Crippen molar-refractivity contribution in [3.05, 3.63) is 58.7 Å². The van der Waals surface area contributed by atoms with Crippen LogP contribution in [0.2, 0.25) is 5.02 Å². The van der Waals surface area contributed by atoms with E-state index in [-0.39, 0.29) is 6.61 Å². The predicted molar refractivity (Wildman–Crippen MR) is 125 cm³/mol. The summed E-state index contributed by atoms with van der Waals surface area (Å²) < 4.78 is 5.61. The minimum Gasteiger partial charge on any atom is -0.494 e. The van der Waals surface area contributed by atoms with Crippen molar-refractivity contribution < 1.29 is 9.84 Å². The van der Waals surface area contributed by atoms with E-state index >= 15 is 0 Å². The maximum absolute atomic E-state index is 8.84. The van der Waals surface area contributed by atoms with Crippen LogP contribution >= 0.6 is 11.6 Å². The molecule has 7 heteroatoms. The molecule has 31 heavy (non-hydrogen) atoms. The maximum Gasteiger partial charge on any atom is 0.156 e. The number of likely N-dealkylation sites (tertiary alicyclic amines) is 1. The molecule has 0 bridgehead atoms. The first-order valence-corrected chi connectivity index (χ1v) is 11.2. The zero-order valence-electron chi connectivity index (χ0n) is 17.9. The Labute approximate surface area is 188 Å². The van der Waals surface area contributed by atoms with Gasteiger partial charge in [0, 0.05) is 54.5 Å². The fourth-order valence-corrected chi connectivity index (χ4v) is 4.17. The zero-order valence-corrected chi connectivity index (χ0v) is 18.6. The van der Waals surface area contributed by atoms with Crippen molar-refractivity contribution in [2.75, 3.05) is 31.6 Å². The van der Waals surface area contributed by atoms with Crippen molar-refractivity contribution in [1.29, 1.82) is 0 Å². The van der Waals surface area contributed by atoms with Gasteiger partial charge in [-0.1, -0.05) is 29.8 Å². The molecule has 0 radical (unpaired) electrons. The first kappa shape index (κ1) is 21.8. The minimum atomic E-state index is 0.156. The van der Waals surface area contributed by atoms with E-state index in [0.29, 0.717) is 24.1 Å². The van der Waals surface area contributed by atoms with Crippen molar-refractivity contribution in [2.45, 2.75) is 38.8 Å². The number of aromatic nitrogens is 2. The van der Waals surface area contributed by atoms with Crippen LogP contribution in [0.1, 0.15) is 30.5 Å².